The second kappa shape index (κ2) is 5.24. The highest BCUT2D eigenvalue weighted by Gasteiger charge is 2.21. The van der Waals surface area contributed by atoms with E-state index in [1.807, 2.05) is 0 Å². The van der Waals surface area contributed by atoms with Crippen molar-refractivity contribution in [1.82, 2.24) is 4.98 Å². The second-order valence-electron chi connectivity index (χ2n) is 3.31. The molecule has 0 saturated carbocycles. The molecule has 2 rings (SSSR count). The fraction of sp³-hybridized carbons (Fsp3) is 0. The van der Waals surface area contributed by atoms with Gasteiger partial charge in [0.1, 0.15) is 10.8 Å². The van der Waals surface area contributed by atoms with Gasteiger partial charge in [0.15, 0.2) is 0 Å². The number of aromatic nitrogens is 1. The molecule has 1 aromatic heterocycles. The minimum atomic E-state index is -1.73. The summed E-state index contributed by atoms with van der Waals surface area (Å²) in [4.78, 5) is 14.4. The van der Waals surface area contributed by atoms with Crippen LogP contribution in [0.5, 0.6) is 0 Å². The molecule has 1 aromatic carbocycles. The molecule has 18 heavy (non-hydrogen) atoms. The summed E-state index contributed by atoms with van der Waals surface area (Å²) in [5, 5.41) is 11.2. The molecule has 1 atom stereocenters. The number of halogens is 1. The van der Waals surface area contributed by atoms with Crippen molar-refractivity contribution in [2.75, 3.05) is 0 Å². The maximum atomic E-state index is 12.2. The van der Waals surface area contributed by atoms with E-state index in [4.69, 9.17) is 11.6 Å². The summed E-state index contributed by atoms with van der Waals surface area (Å²) in [6.07, 6.45) is 1.37. The maximum absolute atomic E-state index is 12.2. The zero-order chi connectivity index (χ0) is 13.1. The van der Waals surface area contributed by atoms with Gasteiger partial charge in [-0.05, 0) is 24.3 Å². The van der Waals surface area contributed by atoms with Crippen molar-refractivity contribution in [3.63, 3.8) is 0 Å². The highest BCUT2D eigenvalue weighted by atomic mass is 35.5. The molecule has 1 heterocycles. The lowest BCUT2D eigenvalue weighted by Crippen LogP contribution is -2.01. The molecule has 92 valence electrons. The normalized spacial score (nSPS) is 12.1. The first-order valence-corrected chi connectivity index (χ1v) is 6.39. The van der Waals surface area contributed by atoms with Crippen LogP contribution in [0.2, 0.25) is 5.02 Å². The van der Waals surface area contributed by atoms with Crippen LogP contribution in [-0.4, -0.2) is 14.1 Å². The van der Waals surface area contributed by atoms with Crippen LogP contribution in [0.15, 0.2) is 52.5 Å². The molecular formula is C11H7ClN2O3S. The first-order valence-electron chi connectivity index (χ1n) is 4.86. The largest absolute Gasteiger partial charge is 0.304 e. The van der Waals surface area contributed by atoms with Crippen molar-refractivity contribution in [3.8, 4) is 0 Å². The van der Waals surface area contributed by atoms with Crippen molar-refractivity contribution in [2.24, 2.45) is 0 Å². The molecule has 0 fully saturated rings. The zero-order valence-electron chi connectivity index (χ0n) is 8.95. The van der Waals surface area contributed by atoms with Crippen LogP contribution in [0, 0.1) is 10.1 Å². The van der Waals surface area contributed by atoms with Gasteiger partial charge in [-0.25, -0.2) is 9.19 Å². The Bertz CT molecular complexity index is 633. The van der Waals surface area contributed by atoms with Crippen LogP contribution in [0.1, 0.15) is 0 Å². The lowest BCUT2D eigenvalue weighted by molar-refractivity contribution is -0.388. The number of pyridine rings is 1. The fourth-order valence-corrected chi connectivity index (χ4v) is 2.76. The van der Waals surface area contributed by atoms with Gasteiger partial charge in [0.2, 0.25) is 5.03 Å². The zero-order valence-corrected chi connectivity index (χ0v) is 10.5. The summed E-state index contributed by atoms with van der Waals surface area (Å²) in [5.74, 6) is 0. The molecule has 7 heteroatoms. The third-order valence-corrected chi connectivity index (χ3v) is 3.72. The summed E-state index contributed by atoms with van der Waals surface area (Å²) in [6, 6.07) is 9.04. The number of nitrogens with zero attached hydrogens (tertiary/aromatic N) is 2. The Morgan fingerprint density at radius 1 is 1.28 bits per heavy atom. The van der Waals surface area contributed by atoms with E-state index in [0.29, 0.717) is 9.92 Å². The Balaban J connectivity index is 2.50. The van der Waals surface area contributed by atoms with Crippen LogP contribution < -0.4 is 0 Å². The van der Waals surface area contributed by atoms with E-state index < -0.39 is 15.7 Å². The van der Waals surface area contributed by atoms with Crippen LogP contribution in [0.4, 0.5) is 5.69 Å². The SMILES string of the molecule is O=[N+]([O-])c1cccnc1S(=O)c1cccc(Cl)c1. The Morgan fingerprint density at radius 2 is 2.06 bits per heavy atom. The van der Waals surface area contributed by atoms with Crippen LogP contribution in [0.25, 0.3) is 0 Å². The first kappa shape index (κ1) is 12.7. The predicted molar refractivity (Wildman–Crippen MR) is 67.0 cm³/mol. The van der Waals surface area contributed by atoms with E-state index in [1.54, 1.807) is 18.2 Å². The van der Waals surface area contributed by atoms with Crippen molar-refractivity contribution in [1.29, 1.82) is 0 Å². The summed E-state index contributed by atoms with van der Waals surface area (Å²) in [7, 11) is -1.73. The molecular weight excluding hydrogens is 276 g/mol. The molecule has 0 saturated heterocycles. The van der Waals surface area contributed by atoms with Gasteiger partial charge in [0.05, 0.1) is 4.92 Å². The van der Waals surface area contributed by atoms with Gasteiger partial charge in [-0.2, -0.15) is 0 Å². The molecule has 0 spiro atoms. The van der Waals surface area contributed by atoms with E-state index in [2.05, 4.69) is 4.98 Å². The van der Waals surface area contributed by atoms with Gasteiger partial charge in [0, 0.05) is 22.2 Å². The van der Waals surface area contributed by atoms with Gasteiger partial charge >= 0.3 is 5.69 Å². The van der Waals surface area contributed by atoms with Crippen molar-refractivity contribution in [2.45, 2.75) is 9.92 Å². The Kier molecular flexibility index (Phi) is 3.69. The topological polar surface area (TPSA) is 73.1 Å². The van der Waals surface area contributed by atoms with Crippen LogP contribution in [-0.2, 0) is 10.8 Å². The van der Waals surface area contributed by atoms with E-state index in [1.165, 1.54) is 24.4 Å². The molecule has 0 aliphatic heterocycles. The van der Waals surface area contributed by atoms with E-state index in [0.717, 1.165) is 0 Å². The van der Waals surface area contributed by atoms with E-state index in [-0.39, 0.29) is 10.7 Å². The van der Waals surface area contributed by atoms with Gasteiger partial charge in [-0.1, -0.05) is 17.7 Å². The highest BCUT2D eigenvalue weighted by Crippen LogP contribution is 2.24. The number of hydrogen-bond acceptors (Lipinski definition) is 4. The molecule has 0 N–H and O–H groups in total. The lowest BCUT2D eigenvalue weighted by atomic mass is 10.4. The van der Waals surface area contributed by atoms with Gasteiger partial charge in [0.25, 0.3) is 0 Å². The number of hydrogen-bond donors (Lipinski definition) is 0. The third-order valence-electron chi connectivity index (χ3n) is 2.13. The molecule has 0 bridgehead atoms. The molecule has 0 aliphatic carbocycles. The third kappa shape index (κ3) is 2.55. The highest BCUT2D eigenvalue weighted by molar-refractivity contribution is 7.85. The molecule has 2 aromatic rings. The standard InChI is InChI=1S/C11H7ClN2O3S/c12-8-3-1-4-9(7-8)18(17)11-10(14(15)16)5-2-6-13-11/h1-7H. The van der Waals surface area contributed by atoms with Crippen LogP contribution >= 0.6 is 11.6 Å². The Labute approximate surface area is 110 Å². The second-order valence-corrected chi connectivity index (χ2v) is 5.14. The average molecular weight is 283 g/mol. The number of benzene rings is 1. The quantitative estimate of drug-likeness (QED) is 0.641. The molecule has 5 nitrogen and oxygen atoms in total. The predicted octanol–water partition coefficient (Wildman–Crippen LogP) is 2.81. The van der Waals surface area contributed by atoms with Crippen molar-refractivity contribution < 1.29 is 9.13 Å². The molecule has 0 radical (unpaired) electrons. The molecule has 1 unspecified atom stereocenters. The summed E-state index contributed by atoms with van der Waals surface area (Å²) in [5.41, 5.74) is -0.268. The average Bonchev–Trinajstić information content (AvgIpc) is 2.38. The first-order chi connectivity index (χ1) is 8.59. The minimum absolute atomic E-state index is 0.0789. The van der Waals surface area contributed by atoms with Gasteiger partial charge in [-0.3, -0.25) is 10.1 Å². The Hall–Kier alpha value is -1.79. The molecule has 0 amide bonds. The number of rotatable bonds is 3. The number of nitro groups is 1. The van der Waals surface area contributed by atoms with Gasteiger partial charge < -0.3 is 0 Å². The summed E-state index contributed by atoms with van der Waals surface area (Å²) < 4.78 is 12.2. The fourth-order valence-electron chi connectivity index (χ4n) is 1.36. The lowest BCUT2D eigenvalue weighted by Gasteiger charge is -2.02. The molecule has 0 aliphatic rings. The van der Waals surface area contributed by atoms with E-state index in [9.17, 15) is 14.3 Å². The maximum Gasteiger partial charge on any atom is 0.304 e. The van der Waals surface area contributed by atoms with Crippen molar-refractivity contribution >= 4 is 28.1 Å². The van der Waals surface area contributed by atoms with Gasteiger partial charge in [-0.15, -0.1) is 0 Å². The van der Waals surface area contributed by atoms with Crippen LogP contribution in [0.3, 0.4) is 0 Å². The summed E-state index contributed by atoms with van der Waals surface area (Å²) >= 11 is 5.79. The van der Waals surface area contributed by atoms with Crippen molar-refractivity contribution in [3.05, 3.63) is 57.7 Å². The summed E-state index contributed by atoms with van der Waals surface area (Å²) in [6.45, 7) is 0. The Morgan fingerprint density at radius 3 is 2.72 bits per heavy atom. The smallest absolute Gasteiger partial charge is 0.258 e. The monoisotopic (exact) mass is 282 g/mol. The van der Waals surface area contributed by atoms with E-state index >= 15 is 0 Å². The minimum Gasteiger partial charge on any atom is -0.258 e.